The summed E-state index contributed by atoms with van der Waals surface area (Å²) in [6.07, 6.45) is 0.0465. The van der Waals surface area contributed by atoms with Gasteiger partial charge in [0.05, 0.1) is 5.92 Å². The van der Waals surface area contributed by atoms with E-state index in [4.69, 9.17) is 0 Å². The molecule has 4 nitrogen and oxygen atoms in total. The third-order valence-corrected chi connectivity index (χ3v) is 3.09. The quantitative estimate of drug-likeness (QED) is 0.368. The Kier molecular flexibility index (Phi) is 5.44. The van der Waals surface area contributed by atoms with Crippen LogP contribution in [0.3, 0.4) is 0 Å². The van der Waals surface area contributed by atoms with Crippen LogP contribution < -0.4 is 0 Å². The minimum Gasteiger partial charge on any atom is -0.294 e. The molecule has 0 unspecified atom stereocenters. The lowest BCUT2D eigenvalue weighted by Crippen LogP contribution is -2.17. The molecule has 0 spiro atoms. The molecule has 0 amide bonds. The largest absolute Gasteiger partial charge is 0.294 e. The van der Waals surface area contributed by atoms with Crippen LogP contribution in [0.5, 0.6) is 0 Å². The van der Waals surface area contributed by atoms with Gasteiger partial charge in [0, 0.05) is 22.5 Å². The van der Waals surface area contributed by atoms with Gasteiger partial charge in [-0.25, -0.2) is 0 Å². The van der Waals surface area contributed by atoms with E-state index in [1.54, 1.807) is 24.3 Å². The highest BCUT2D eigenvalue weighted by molar-refractivity contribution is 5.96. The van der Waals surface area contributed by atoms with Crippen LogP contribution >= 0.6 is 0 Å². The summed E-state index contributed by atoms with van der Waals surface area (Å²) in [6, 6.07) is 18.0. The van der Waals surface area contributed by atoms with Gasteiger partial charge in [0.25, 0.3) is 0 Å². The maximum Gasteiger partial charge on any atom is 0.217 e. The molecule has 1 atom stereocenters. The maximum atomic E-state index is 12.2. The van der Waals surface area contributed by atoms with E-state index in [9.17, 15) is 14.9 Å². The van der Waals surface area contributed by atoms with Crippen LogP contribution in [0, 0.1) is 27.9 Å². The molecule has 0 aliphatic carbocycles. The first-order chi connectivity index (χ1) is 10.6. The molecule has 0 bridgehead atoms. The lowest BCUT2D eigenvalue weighted by atomic mass is 9.98. The first-order valence-electron chi connectivity index (χ1n) is 6.92. The highest BCUT2D eigenvalue weighted by atomic mass is 16.6. The number of nitro groups is 1. The zero-order chi connectivity index (χ0) is 15.8. The summed E-state index contributed by atoms with van der Waals surface area (Å²) < 4.78 is 0. The summed E-state index contributed by atoms with van der Waals surface area (Å²) in [5.74, 6) is 5.03. The topological polar surface area (TPSA) is 60.2 Å². The predicted molar refractivity (Wildman–Crippen MR) is 84.1 cm³/mol. The minimum absolute atomic E-state index is 0.0465. The molecule has 0 N–H and O–H groups in total. The molecule has 4 heteroatoms. The zero-order valence-corrected chi connectivity index (χ0v) is 11.9. The molecule has 110 valence electrons. The van der Waals surface area contributed by atoms with E-state index in [0.29, 0.717) is 5.56 Å². The third kappa shape index (κ3) is 4.88. The van der Waals surface area contributed by atoms with Crippen LogP contribution in [0.2, 0.25) is 0 Å². The second-order valence-corrected chi connectivity index (χ2v) is 4.84. The van der Waals surface area contributed by atoms with Gasteiger partial charge < -0.3 is 0 Å². The number of carbonyl (C=O) groups is 1. The second kappa shape index (κ2) is 7.75. The minimum atomic E-state index is -0.595. The molecule has 0 saturated heterocycles. The molecule has 2 rings (SSSR count). The van der Waals surface area contributed by atoms with Crippen molar-refractivity contribution in [3.05, 3.63) is 81.9 Å². The van der Waals surface area contributed by atoms with Gasteiger partial charge in [-0.1, -0.05) is 60.4 Å². The lowest BCUT2D eigenvalue weighted by Gasteiger charge is -2.05. The number of hydrogen-bond donors (Lipinski definition) is 0. The summed E-state index contributed by atoms with van der Waals surface area (Å²) in [4.78, 5) is 22.5. The van der Waals surface area contributed by atoms with Crippen LogP contribution in [-0.4, -0.2) is 17.3 Å². The number of hydrogen-bond acceptors (Lipinski definition) is 3. The fourth-order valence-corrected chi connectivity index (χ4v) is 2.01. The maximum absolute atomic E-state index is 12.2. The van der Waals surface area contributed by atoms with E-state index in [2.05, 4.69) is 11.8 Å². The van der Waals surface area contributed by atoms with Gasteiger partial charge in [-0.3, -0.25) is 14.9 Å². The Morgan fingerprint density at radius 3 is 2.23 bits per heavy atom. The van der Waals surface area contributed by atoms with Crippen molar-refractivity contribution < 1.29 is 9.72 Å². The van der Waals surface area contributed by atoms with Crippen molar-refractivity contribution in [2.45, 2.75) is 6.42 Å². The standard InChI is InChI=1S/C18H15NO3/c20-18(17-9-5-2-6-10-17)13-16(14-19(21)22)12-11-15-7-3-1-4-8-15/h1-10,16H,13-14H2/t16-/m0/s1. The lowest BCUT2D eigenvalue weighted by molar-refractivity contribution is -0.485. The third-order valence-electron chi connectivity index (χ3n) is 3.09. The summed E-state index contributed by atoms with van der Waals surface area (Å²) in [6.45, 7) is -0.335. The van der Waals surface area contributed by atoms with Gasteiger partial charge >= 0.3 is 0 Å². The van der Waals surface area contributed by atoms with Crippen molar-refractivity contribution >= 4 is 5.78 Å². The molecule has 0 fully saturated rings. The van der Waals surface area contributed by atoms with Gasteiger partial charge in [0.1, 0.15) is 0 Å². The monoisotopic (exact) mass is 293 g/mol. The first kappa shape index (κ1) is 15.5. The SMILES string of the molecule is O=C(C[C@H](C#Cc1ccccc1)C[N+](=O)[O-])c1ccccc1. The Balaban J connectivity index is 2.12. The Bertz CT molecular complexity index is 699. The molecule has 0 aliphatic rings. The second-order valence-electron chi connectivity index (χ2n) is 4.84. The average Bonchev–Trinajstić information content (AvgIpc) is 2.54. The average molecular weight is 293 g/mol. The van der Waals surface area contributed by atoms with Crippen molar-refractivity contribution in [1.82, 2.24) is 0 Å². The van der Waals surface area contributed by atoms with Gasteiger partial charge in [0.2, 0.25) is 6.54 Å². The number of benzene rings is 2. The molecule has 2 aromatic carbocycles. The van der Waals surface area contributed by atoms with Crippen LogP contribution in [0.4, 0.5) is 0 Å². The fourth-order valence-electron chi connectivity index (χ4n) is 2.01. The highest BCUT2D eigenvalue weighted by Crippen LogP contribution is 2.10. The molecule has 0 saturated carbocycles. The molecule has 0 aliphatic heterocycles. The van der Waals surface area contributed by atoms with E-state index in [1.165, 1.54) is 0 Å². The Hall–Kier alpha value is -2.93. The highest BCUT2D eigenvalue weighted by Gasteiger charge is 2.18. The van der Waals surface area contributed by atoms with Crippen molar-refractivity contribution in [2.75, 3.05) is 6.54 Å². The van der Waals surface area contributed by atoms with Crippen molar-refractivity contribution in [2.24, 2.45) is 5.92 Å². The Morgan fingerprint density at radius 2 is 1.64 bits per heavy atom. The molecular weight excluding hydrogens is 278 g/mol. The van der Waals surface area contributed by atoms with E-state index >= 15 is 0 Å². The fraction of sp³-hybridized carbons (Fsp3) is 0.167. The normalized spacial score (nSPS) is 11.1. The number of Topliss-reactive ketones (excluding diaryl/α,β-unsaturated/α-hetero) is 1. The molecule has 0 radical (unpaired) electrons. The molecule has 0 aromatic heterocycles. The Labute approximate surface area is 128 Å². The first-order valence-corrected chi connectivity index (χ1v) is 6.92. The van der Waals surface area contributed by atoms with Crippen molar-refractivity contribution in [1.29, 1.82) is 0 Å². The van der Waals surface area contributed by atoms with Gasteiger partial charge in [0.15, 0.2) is 5.78 Å². The Morgan fingerprint density at radius 1 is 1.05 bits per heavy atom. The zero-order valence-electron chi connectivity index (χ0n) is 11.9. The van der Waals surface area contributed by atoms with Crippen LogP contribution in [0.25, 0.3) is 0 Å². The molecule has 2 aromatic rings. The smallest absolute Gasteiger partial charge is 0.217 e. The van der Waals surface area contributed by atoms with Crippen LogP contribution in [0.1, 0.15) is 22.3 Å². The predicted octanol–water partition coefficient (Wildman–Crippen LogP) is 3.20. The molecular formula is C18H15NO3. The number of rotatable bonds is 5. The summed E-state index contributed by atoms with van der Waals surface area (Å²) in [7, 11) is 0. The van der Waals surface area contributed by atoms with E-state index in [1.807, 2.05) is 36.4 Å². The van der Waals surface area contributed by atoms with Gasteiger partial charge in [-0.15, -0.1) is 0 Å². The molecule has 22 heavy (non-hydrogen) atoms. The van der Waals surface area contributed by atoms with Crippen molar-refractivity contribution in [3.63, 3.8) is 0 Å². The van der Waals surface area contributed by atoms with Crippen LogP contribution in [-0.2, 0) is 0 Å². The van der Waals surface area contributed by atoms with Gasteiger partial charge in [-0.05, 0) is 12.1 Å². The summed E-state index contributed by atoms with van der Waals surface area (Å²) in [5.41, 5.74) is 1.33. The van der Waals surface area contributed by atoms with Gasteiger partial charge in [-0.2, -0.15) is 0 Å². The summed E-state index contributed by atoms with van der Waals surface area (Å²) >= 11 is 0. The van der Waals surface area contributed by atoms with Crippen LogP contribution in [0.15, 0.2) is 60.7 Å². The van der Waals surface area contributed by atoms with Crippen molar-refractivity contribution in [3.8, 4) is 11.8 Å². The molecule has 0 heterocycles. The van der Waals surface area contributed by atoms with E-state index in [-0.39, 0.29) is 18.7 Å². The number of ketones is 1. The van der Waals surface area contributed by atoms with E-state index in [0.717, 1.165) is 5.56 Å². The van der Waals surface area contributed by atoms with E-state index < -0.39 is 10.8 Å². The number of nitrogens with zero attached hydrogens (tertiary/aromatic N) is 1. The number of carbonyl (C=O) groups excluding carboxylic acids is 1. The summed E-state index contributed by atoms with van der Waals surface area (Å²) in [5, 5.41) is 10.8.